The highest BCUT2D eigenvalue weighted by Crippen LogP contribution is 2.23. The van der Waals surface area contributed by atoms with E-state index in [1.807, 2.05) is 0 Å². The molecule has 0 radical (unpaired) electrons. The molecule has 1 unspecified atom stereocenters. The lowest BCUT2D eigenvalue weighted by molar-refractivity contribution is -0.00465. The van der Waals surface area contributed by atoms with E-state index in [9.17, 15) is 4.79 Å². The molecule has 104 valence electrons. The Hall–Kier alpha value is -1.59. The second kappa shape index (κ2) is 6.04. The molecule has 19 heavy (non-hydrogen) atoms. The fraction of sp³-hybridized carbons (Fsp3) is 0.500. The van der Waals surface area contributed by atoms with Crippen LogP contribution in [-0.4, -0.2) is 48.9 Å². The molecule has 0 aromatic heterocycles. The number of rotatable bonds is 4. The first-order valence-electron chi connectivity index (χ1n) is 6.34. The summed E-state index contributed by atoms with van der Waals surface area (Å²) in [5.41, 5.74) is 1.19. The number of carbonyl (C=O) groups is 1. The molecule has 1 saturated heterocycles. The number of benzene rings is 1. The molecular formula is C14H19NO4. The van der Waals surface area contributed by atoms with E-state index in [2.05, 4.69) is 11.8 Å². The second-order valence-corrected chi connectivity index (χ2v) is 4.73. The molecule has 1 N–H and O–H groups in total. The quantitative estimate of drug-likeness (QED) is 0.896. The minimum atomic E-state index is -0.918. The number of hydrogen-bond donors (Lipinski definition) is 1. The zero-order chi connectivity index (χ0) is 13.8. The maximum atomic E-state index is 11.0. The van der Waals surface area contributed by atoms with Gasteiger partial charge in [0.2, 0.25) is 0 Å². The number of methoxy groups -OCH3 is 1. The van der Waals surface area contributed by atoms with Crippen molar-refractivity contribution >= 4 is 5.97 Å². The third-order valence-corrected chi connectivity index (χ3v) is 3.41. The summed E-state index contributed by atoms with van der Waals surface area (Å²) in [5, 5.41) is 9.06. The van der Waals surface area contributed by atoms with Crippen molar-refractivity contribution in [3.8, 4) is 5.75 Å². The summed E-state index contributed by atoms with van der Waals surface area (Å²) in [4.78, 5) is 13.3. The van der Waals surface area contributed by atoms with E-state index in [1.165, 1.54) is 0 Å². The number of ether oxygens (including phenoxy) is 2. The Morgan fingerprint density at radius 3 is 3.00 bits per heavy atom. The van der Waals surface area contributed by atoms with Gasteiger partial charge in [0.15, 0.2) is 0 Å². The lowest BCUT2D eigenvalue weighted by Gasteiger charge is -2.33. The standard InChI is InChI=1S/C14H19NO4/c1-10-9-19-6-5-15(10)8-12-7-11(14(16)17)3-4-13(12)18-2/h3-4,7,10H,5-6,8-9H2,1-2H3,(H,16,17). The van der Waals surface area contributed by atoms with Crippen LogP contribution in [0.3, 0.4) is 0 Å². The predicted molar refractivity (Wildman–Crippen MR) is 70.6 cm³/mol. The molecule has 5 nitrogen and oxygen atoms in total. The SMILES string of the molecule is COc1ccc(C(=O)O)cc1CN1CCOCC1C. The van der Waals surface area contributed by atoms with Gasteiger partial charge in [-0.25, -0.2) is 4.79 Å². The van der Waals surface area contributed by atoms with Gasteiger partial charge in [-0.2, -0.15) is 0 Å². The predicted octanol–water partition coefficient (Wildman–Crippen LogP) is 1.61. The summed E-state index contributed by atoms with van der Waals surface area (Å²) < 4.78 is 10.7. The molecule has 1 atom stereocenters. The molecule has 0 amide bonds. The first kappa shape index (κ1) is 13.8. The fourth-order valence-corrected chi connectivity index (χ4v) is 2.25. The Kier molecular flexibility index (Phi) is 4.39. The molecule has 0 saturated carbocycles. The van der Waals surface area contributed by atoms with Crippen LogP contribution in [0.25, 0.3) is 0 Å². The van der Waals surface area contributed by atoms with E-state index in [0.717, 1.165) is 17.9 Å². The minimum absolute atomic E-state index is 0.289. The normalized spacial score (nSPS) is 20.2. The van der Waals surface area contributed by atoms with Crippen molar-refractivity contribution in [1.82, 2.24) is 4.90 Å². The zero-order valence-corrected chi connectivity index (χ0v) is 11.3. The Labute approximate surface area is 112 Å². The molecule has 1 aromatic rings. The summed E-state index contributed by atoms with van der Waals surface area (Å²) in [6, 6.07) is 5.28. The molecule has 1 aliphatic rings. The summed E-state index contributed by atoms with van der Waals surface area (Å²) in [7, 11) is 1.60. The van der Waals surface area contributed by atoms with Crippen molar-refractivity contribution in [3.63, 3.8) is 0 Å². The van der Waals surface area contributed by atoms with E-state index < -0.39 is 5.97 Å². The number of morpholine rings is 1. The van der Waals surface area contributed by atoms with Crippen molar-refractivity contribution < 1.29 is 19.4 Å². The molecule has 2 rings (SSSR count). The molecule has 0 spiro atoms. The Bertz CT molecular complexity index is 461. The van der Waals surface area contributed by atoms with Crippen molar-refractivity contribution in [2.45, 2.75) is 19.5 Å². The largest absolute Gasteiger partial charge is 0.496 e. The van der Waals surface area contributed by atoms with Gasteiger partial charge in [-0.05, 0) is 25.1 Å². The first-order valence-corrected chi connectivity index (χ1v) is 6.34. The fourth-order valence-electron chi connectivity index (χ4n) is 2.25. The number of carboxylic acid groups (broad SMARTS) is 1. The summed E-state index contributed by atoms with van der Waals surface area (Å²) in [5.74, 6) is -0.192. The lowest BCUT2D eigenvalue weighted by atomic mass is 10.1. The van der Waals surface area contributed by atoms with Crippen LogP contribution < -0.4 is 4.74 Å². The molecule has 0 aliphatic carbocycles. The topological polar surface area (TPSA) is 59.0 Å². The maximum Gasteiger partial charge on any atom is 0.335 e. The molecule has 5 heteroatoms. The van der Waals surface area contributed by atoms with E-state index in [-0.39, 0.29) is 5.56 Å². The highest BCUT2D eigenvalue weighted by atomic mass is 16.5. The van der Waals surface area contributed by atoms with Crippen LogP contribution in [0, 0.1) is 0 Å². The minimum Gasteiger partial charge on any atom is -0.496 e. The van der Waals surface area contributed by atoms with Crippen LogP contribution in [0.4, 0.5) is 0 Å². The van der Waals surface area contributed by atoms with Crippen molar-refractivity contribution in [2.75, 3.05) is 26.9 Å². The first-order chi connectivity index (χ1) is 9.11. The van der Waals surface area contributed by atoms with Crippen LogP contribution in [0.15, 0.2) is 18.2 Å². The van der Waals surface area contributed by atoms with Crippen LogP contribution in [-0.2, 0) is 11.3 Å². The van der Waals surface area contributed by atoms with E-state index in [1.54, 1.807) is 25.3 Å². The van der Waals surface area contributed by atoms with Crippen molar-refractivity contribution in [2.24, 2.45) is 0 Å². The maximum absolute atomic E-state index is 11.0. The third kappa shape index (κ3) is 3.24. The van der Waals surface area contributed by atoms with Crippen molar-refractivity contribution in [1.29, 1.82) is 0 Å². The highest BCUT2D eigenvalue weighted by molar-refractivity contribution is 5.88. The Morgan fingerprint density at radius 1 is 1.58 bits per heavy atom. The lowest BCUT2D eigenvalue weighted by Crippen LogP contribution is -2.43. The molecular weight excluding hydrogens is 246 g/mol. The average Bonchev–Trinajstić information content (AvgIpc) is 2.41. The van der Waals surface area contributed by atoms with Gasteiger partial charge in [0.25, 0.3) is 0 Å². The van der Waals surface area contributed by atoms with Crippen LogP contribution in [0.5, 0.6) is 5.75 Å². The van der Waals surface area contributed by atoms with E-state index in [0.29, 0.717) is 25.8 Å². The molecule has 0 bridgehead atoms. The molecule has 1 fully saturated rings. The number of nitrogens with zero attached hydrogens (tertiary/aromatic N) is 1. The van der Waals surface area contributed by atoms with Gasteiger partial charge in [0.1, 0.15) is 5.75 Å². The molecule has 1 heterocycles. The van der Waals surface area contributed by atoms with Crippen LogP contribution in [0.1, 0.15) is 22.8 Å². The van der Waals surface area contributed by atoms with Gasteiger partial charge in [0.05, 0.1) is 25.9 Å². The average molecular weight is 265 g/mol. The second-order valence-electron chi connectivity index (χ2n) is 4.73. The summed E-state index contributed by atoms with van der Waals surface area (Å²) in [6.45, 7) is 5.05. The van der Waals surface area contributed by atoms with Crippen LogP contribution >= 0.6 is 0 Å². The van der Waals surface area contributed by atoms with Gasteiger partial charge >= 0.3 is 5.97 Å². The summed E-state index contributed by atoms with van der Waals surface area (Å²) >= 11 is 0. The van der Waals surface area contributed by atoms with Gasteiger partial charge in [-0.1, -0.05) is 0 Å². The summed E-state index contributed by atoms with van der Waals surface area (Å²) in [6.07, 6.45) is 0. The smallest absolute Gasteiger partial charge is 0.335 e. The molecule has 1 aromatic carbocycles. The zero-order valence-electron chi connectivity index (χ0n) is 11.3. The highest BCUT2D eigenvalue weighted by Gasteiger charge is 2.20. The number of aromatic carboxylic acids is 1. The van der Waals surface area contributed by atoms with Gasteiger partial charge < -0.3 is 14.6 Å². The third-order valence-electron chi connectivity index (χ3n) is 3.41. The van der Waals surface area contributed by atoms with E-state index in [4.69, 9.17) is 14.6 Å². The van der Waals surface area contributed by atoms with Gasteiger partial charge in [0, 0.05) is 24.7 Å². The Balaban J connectivity index is 2.21. The van der Waals surface area contributed by atoms with Crippen molar-refractivity contribution in [3.05, 3.63) is 29.3 Å². The monoisotopic (exact) mass is 265 g/mol. The van der Waals surface area contributed by atoms with Gasteiger partial charge in [-0.3, -0.25) is 4.90 Å². The molecule has 1 aliphatic heterocycles. The van der Waals surface area contributed by atoms with E-state index >= 15 is 0 Å². The number of carboxylic acids is 1. The van der Waals surface area contributed by atoms with Crippen LogP contribution in [0.2, 0.25) is 0 Å². The van der Waals surface area contributed by atoms with Gasteiger partial charge in [-0.15, -0.1) is 0 Å². The Morgan fingerprint density at radius 2 is 2.37 bits per heavy atom. The number of hydrogen-bond acceptors (Lipinski definition) is 4.